The summed E-state index contributed by atoms with van der Waals surface area (Å²) in [5, 5.41) is 3.72. The Labute approximate surface area is 254 Å². The lowest BCUT2D eigenvalue weighted by Gasteiger charge is -2.38. The molecule has 4 aromatic rings. The maximum atomic E-state index is 13.6. The normalized spacial score (nSPS) is 17.3. The van der Waals surface area contributed by atoms with E-state index in [0.29, 0.717) is 18.4 Å². The van der Waals surface area contributed by atoms with Gasteiger partial charge in [-0.1, -0.05) is 42.5 Å². The Morgan fingerprint density at radius 2 is 1.40 bits per heavy atom. The molecule has 0 bridgehead atoms. The van der Waals surface area contributed by atoms with Crippen molar-refractivity contribution in [2.75, 3.05) is 26.2 Å². The van der Waals surface area contributed by atoms with Gasteiger partial charge in [0, 0.05) is 50.3 Å². The molecule has 0 radical (unpaired) electrons. The number of hydrogen-bond acceptors (Lipinski definition) is 6. The van der Waals surface area contributed by atoms with Crippen LogP contribution in [0.25, 0.3) is 11.3 Å². The number of nitrogens with one attached hydrogen (secondary N) is 1. The van der Waals surface area contributed by atoms with Gasteiger partial charge in [0.25, 0.3) is 0 Å². The summed E-state index contributed by atoms with van der Waals surface area (Å²) in [6.45, 7) is 5.03. The van der Waals surface area contributed by atoms with Crippen molar-refractivity contribution in [3.8, 4) is 0 Å². The van der Waals surface area contributed by atoms with Gasteiger partial charge >= 0.3 is 0 Å². The Balaban J connectivity index is 1.16. The van der Waals surface area contributed by atoms with Crippen molar-refractivity contribution < 1.29 is 4.79 Å². The summed E-state index contributed by atoms with van der Waals surface area (Å²) in [6.07, 6.45) is 11.1. The number of allylic oxidation sites excluding steroid dienone is 1. The largest absolute Gasteiger partial charge is 0.377 e. The first-order chi connectivity index (χ1) is 21.2. The van der Waals surface area contributed by atoms with Crippen LogP contribution in [0.4, 0.5) is 0 Å². The number of amides is 1. The van der Waals surface area contributed by atoms with E-state index >= 15 is 0 Å². The summed E-state index contributed by atoms with van der Waals surface area (Å²) >= 11 is 0. The standard InChI is InChI=1S/C36H40N6O/c43-36(31-14-22-41(23-15-31)27-28-12-20-37-21-13-28)42-24-16-30(17-25-42)34(29-8-2-1-3-9-29)35(33-11-5-7-19-39-33)40-26-32-10-4-6-18-38-32/h1-13,18-21,30-31,40H,14-17,22-27H2/b35-34+. The highest BCUT2D eigenvalue weighted by Crippen LogP contribution is 2.37. The van der Waals surface area contributed by atoms with Crippen molar-refractivity contribution in [2.24, 2.45) is 11.8 Å². The Morgan fingerprint density at radius 3 is 2.07 bits per heavy atom. The highest BCUT2D eigenvalue weighted by Gasteiger charge is 2.33. The minimum atomic E-state index is 0.124. The predicted molar refractivity (Wildman–Crippen MR) is 170 cm³/mol. The fraction of sp³-hybridized carbons (Fsp3) is 0.333. The number of carbonyl (C=O) groups is 1. The van der Waals surface area contributed by atoms with Crippen LogP contribution >= 0.6 is 0 Å². The van der Waals surface area contributed by atoms with Crippen LogP contribution in [-0.4, -0.2) is 56.8 Å². The second-order valence-corrected chi connectivity index (χ2v) is 11.5. The Kier molecular flexibility index (Phi) is 9.50. The molecule has 2 fully saturated rings. The molecule has 2 aliphatic rings. The van der Waals surface area contributed by atoms with Crippen molar-refractivity contribution in [1.29, 1.82) is 0 Å². The van der Waals surface area contributed by atoms with Crippen LogP contribution in [0.15, 0.2) is 104 Å². The van der Waals surface area contributed by atoms with Gasteiger partial charge in [0.15, 0.2) is 0 Å². The summed E-state index contributed by atoms with van der Waals surface area (Å²) < 4.78 is 0. The summed E-state index contributed by atoms with van der Waals surface area (Å²) in [7, 11) is 0. The molecule has 220 valence electrons. The van der Waals surface area contributed by atoms with E-state index in [1.807, 2.05) is 55.1 Å². The number of aromatic nitrogens is 3. The minimum Gasteiger partial charge on any atom is -0.377 e. The molecule has 1 N–H and O–H groups in total. The van der Waals surface area contributed by atoms with E-state index in [9.17, 15) is 4.79 Å². The molecule has 1 amide bonds. The smallest absolute Gasteiger partial charge is 0.225 e. The lowest BCUT2D eigenvalue weighted by atomic mass is 9.82. The Bertz CT molecular complexity index is 1460. The summed E-state index contributed by atoms with van der Waals surface area (Å²) in [4.78, 5) is 31.6. The number of likely N-dealkylation sites (tertiary alicyclic amines) is 2. The molecule has 1 aromatic carbocycles. The zero-order chi connectivity index (χ0) is 29.3. The molecule has 0 atom stereocenters. The zero-order valence-electron chi connectivity index (χ0n) is 24.7. The third-order valence-corrected chi connectivity index (χ3v) is 8.75. The highest BCUT2D eigenvalue weighted by molar-refractivity contribution is 5.90. The predicted octanol–water partition coefficient (Wildman–Crippen LogP) is 5.68. The summed E-state index contributed by atoms with van der Waals surface area (Å²) in [6, 6.07) is 26.9. The van der Waals surface area contributed by atoms with Gasteiger partial charge in [0.1, 0.15) is 0 Å². The van der Waals surface area contributed by atoms with Gasteiger partial charge in [-0.3, -0.25) is 24.6 Å². The first-order valence-electron chi connectivity index (χ1n) is 15.5. The first-order valence-corrected chi connectivity index (χ1v) is 15.5. The molecular formula is C36H40N6O. The Hall–Kier alpha value is -4.36. The first kappa shape index (κ1) is 28.7. The molecule has 2 aliphatic heterocycles. The monoisotopic (exact) mass is 572 g/mol. The summed E-state index contributed by atoms with van der Waals surface area (Å²) in [5.74, 6) is 0.769. The quantitative estimate of drug-likeness (QED) is 0.278. The zero-order valence-corrected chi connectivity index (χ0v) is 24.7. The SMILES string of the molecule is O=C(C1CCN(Cc2ccncc2)CC1)N1CCC(/C(=C(/NCc2ccccn2)c2ccccn2)c2ccccc2)CC1. The number of piperidine rings is 2. The third-order valence-electron chi connectivity index (χ3n) is 8.75. The molecule has 0 saturated carbocycles. The van der Waals surface area contributed by atoms with Gasteiger partial charge in [-0.25, -0.2) is 0 Å². The molecule has 43 heavy (non-hydrogen) atoms. The van der Waals surface area contributed by atoms with E-state index in [2.05, 4.69) is 73.6 Å². The molecular weight excluding hydrogens is 532 g/mol. The van der Waals surface area contributed by atoms with Gasteiger partial charge in [-0.15, -0.1) is 0 Å². The van der Waals surface area contributed by atoms with Gasteiger partial charge in [0.05, 0.1) is 23.6 Å². The fourth-order valence-electron chi connectivity index (χ4n) is 6.45. The van der Waals surface area contributed by atoms with E-state index in [0.717, 1.165) is 75.5 Å². The maximum absolute atomic E-state index is 13.6. The fourth-order valence-corrected chi connectivity index (χ4v) is 6.45. The van der Waals surface area contributed by atoms with Crippen LogP contribution in [0, 0.1) is 11.8 Å². The molecule has 5 heterocycles. The van der Waals surface area contributed by atoms with Crippen LogP contribution < -0.4 is 5.32 Å². The van der Waals surface area contributed by atoms with Crippen LogP contribution in [0.5, 0.6) is 0 Å². The molecule has 2 saturated heterocycles. The van der Waals surface area contributed by atoms with Crippen LogP contribution in [-0.2, 0) is 17.9 Å². The van der Waals surface area contributed by atoms with Crippen molar-refractivity contribution in [2.45, 2.75) is 38.8 Å². The van der Waals surface area contributed by atoms with Gasteiger partial charge in [-0.2, -0.15) is 0 Å². The van der Waals surface area contributed by atoms with E-state index in [1.165, 1.54) is 16.7 Å². The minimum absolute atomic E-state index is 0.124. The topological polar surface area (TPSA) is 74.2 Å². The summed E-state index contributed by atoms with van der Waals surface area (Å²) in [5.41, 5.74) is 6.70. The van der Waals surface area contributed by atoms with E-state index in [4.69, 9.17) is 4.98 Å². The van der Waals surface area contributed by atoms with Crippen LogP contribution in [0.1, 0.15) is 48.2 Å². The molecule has 3 aromatic heterocycles. The van der Waals surface area contributed by atoms with Crippen molar-refractivity contribution >= 4 is 17.2 Å². The van der Waals surface area contributed by atoms with Crippen LogP contribution in [0.3, 0.4) is 0 Å². The molecule has 6 rings (SSSR count). The lowest BCUT2D eigenvalue weighted by Crippen LogP contribution is -2.45. The molecule has 7 heteroatoms. The number of benzene rings is 1. The van der Waals surface area contributed by atoms with Crippen molar-refractivity contribution in [3.05, 3.63) is 126 Å². The second kappa shape index (κ2) is 14.2. The van der Waals surface area contributed by atoms with Crippen LogP contribution in [0.2, 0.25) is 0 Å². The van der Waals surface area contributed by atoms with Gasteiger partial charge < -0.3 is 10.2 Å². The molecule has 0 spiro atoms. The number of rotatable bonds is 9. The van der Waals surface area contributed by atoms with Crippen molar-refractivity contribution in [1.82, 2.24) is 30.1 Å². The van der Waals surface area contributed by atoms with Gasteiger partial charge in [-0.05, 0) is 97.8 Å². The second-order valence-electron chi connectivity index (χ2n) is 11.5. The average molecular weight is 573 g/mol. The van der Waals surface area contributed by atoms with Crippen molar-refractivity contribution in [3.63, 3.8) is 0 Å². The number of nitrogens with zero attached hydrogens (tertiary/aromatic N) is 5. The highest BCUT2D eigenvalue weighted by atomic mass is 16.2. The average Bonchev–Trinajstić information content (AvgIpc) is 3.08. The molecule has 7 nitrogen and oxygen atoms in total. The molecule has 0 aliphatic carbocycles. The van der Waals surface area contributed by atoms with Gasteiger partial charge in [0.2, 0.25) is 5.91 Å². The lowest BCUT2D eigenvalue weighted by molar-refractivity contribution is -0.138. The Morgan fingerprint density at radius 1 is 0.721 bits per heavy atom. The maximum Gasteiger partial charge on any atom is 0.225 e. The van der Waals surface area contributed by atoms with E-state index in [1.54, 1.807) is 0 Å². The third kappa shape index (κ3) is 7.35. The van der Waals surface area contributed by atoms with E-state index < -0.39 is 0 Å². The van der Waals surface area contributed by atoms with E-state index in [-0.39, 0.29) is 5.92 Å². The molecule has 0 unspecified atom stereocenters. The number of hydrogen-bond donors (Lipinski definition) is 1. The number of carbonyl (C=O) groups excluding carboxylic acids is 1. The number of pyridine rings is 3.